The SMILES string of the molecule is O=C(NCc1cn(-c2ccsc2)nn1)Nc1cccnc1. The molecule has 0 aromatic carbocycles. The molecule has 0 saturated heterocycles. The Morgan fingerprint density at radius 3 is 3.10 bits per heavy atom. The van der Waals surface area contributed by atoms with Crippen LogP contribution in [-0.2, 0) is 6.54 Å². The van der Waals surface area contributed by atoms with Crippen molar-refractivity contribution in [3.8, 4) is 5.69 Å². The molecule has 3 heterocycles. The van der Waals surface area contributed by atoms with Crippen LogP contribution in [0.2, 0.25) is 0 Å². The molecule has 8 heteroatoms. The van der Waals surface area contributed by atoms with E-state index in [0.29, 0.717) is 17.9 Å². The Labute approximate surface area is 124 Å². The standard InChI is InChI=1S/C13H12N6OS/c20-13(16-10-2-1-4-14-6-10)15-7-11-8-19(18-17-11)12-3-5-21-9-12/h1-6,8-9H,7H2,(H2,15,16,20). The number of hydrogen-bond acceptors (Lipinski definition) is 5. The van der Waals surface area contributed by atoms with E-state index in [1.165, 1.54) is 0 Å². The van der Waals surface area contributed by atoms with Gasteiger partial charge in [0, 0.05) is 11.6 Å². The lowest BCUT2D eigenvalue weighted by molar-refractivity contribution is 0.251. The second-order valence-corrected chi connectivity index (χ2v) is 4.97. The van der Waals surface area contributed by atoms with Gasteiger partial charge in [-0.3, -0.25) is 4.98 Å². The molecule has 2 amide bonds. The molecule has 0 atom stereocenters. The number of nitrogens with zero attached hydrogens (tertiary/aromatic N) is 4. The van der Waals surface area contributed by atoms with E-state index in [2.05, 4.69) is 25.9 Å². The first-order valence-corrected chi connectivity index (χ1v) is 7.14. The summed E-state index contributed by atoms with van der Waals surface area (Å²) >= 11 is 1.59. The average molecular weight is 300 g/mol. The number of nitrogens with one attached hydrogen (secondary N) is 2. The highest BCUT2D eigenvalue weighted by Gasteiger charge is 2.06. The fraction of sp³-hybridized carbons (Fsp3) is 0.0769. The Hall–Kier alpha value is -2.74. The van der Waals surface area contributed by atoms with Gasteiger partial charge in [0.2, 0.25) is 0 Å². The van der Waals surface area contributed by atoms with Crippen LogP contribution >= 0.6 is 11.3 Å². The number of urea groups is 1. The van der Waals surface area contributed by atoms with Crippen molar-refractivity contribution >= 4 is 23.1 Å². The summed E-state index contributed by atoms with van der Waals surface area (Å²) in [5.41, 5.74) is 2.28. The summed E-state index contributed by atoms with van der Waals surface area (Å²) in [5, 5.41) is 17.4. The topological polar surface area (TPSA) is 84.7 Å². The van der Waals surface area contributed by atoms with Gasteiger partial charge < -0.3 is 10.6 Å². The first-order valence-electron chi connectivity index (χ1n) is 6.20. The van der Waals surface area contributed by atoms with Crippen molar-refractivity contribution < 1.29 is 4.79 Å². The Bertz CT molecular complexity index is 709. The van der Waals surface area contributed by atoms with Crippen molar-refractivity contribution in [2.45, 2.75) is 6.54 Å². The van der Waals surface area contributed by atoms with E-state index in [9.17, 15) is 4.79 Å². The van der Waals surface area contributed by atoms with Gasteiger partial charge >= 0.3 is 6.03 Å². The van der Waals surface area contributed by atoms with E-state index in [0.717, 1.165) is 5.69 Å². The molecular formula is C13H12N6OS. The van der Waals surface area contributed by atoms with Gasteiger partial charge in [0.15, 0.2) is 0 Å². The maximum atomic E-state index is 11.7. The molecule has 0 aliphatic rings. The smallest absolute Gasteiger partial charge is 0.319 e. The molecule has 0 fully saturated rings. The molecule has 0 bridgehead atoms. The lowest BCUT2D eigenvalue weighted by Crippen LogP contribution is -2.28. The third kappa shape index (κ3) is 3.42. The summed E-state index contributed by atoms with van der Waals surface area (Å²) in [4.78, 5) is 15.6. The zero-order chi connectivity index (χ0) is 14.5. The number of rotatable bonds is 4. The Morgan fingerprint density at radius 2 is 2.33 bits per heavy atom. The van der Waals surface area contributed by atoms with Crippen LogP contribution in [0.5, 0.6) is 0 Å². The van der Waals surface area contributed by atoms with Crippen molar-refractivity contribution in [1.82, 2.24) is 25.3 Å². The molecule has 0 aliphatic carbocycles. The number of pyridine rings is 1. The van der Waals surface area contributed by atoms with Crippen LogP contribution in [0.25, 0.3) is 5.69 Å². The third-order valence-electron chi connectivity index (χ3n) is 2.66. The van der Waals surface area contributed by atoms with Crippen molar-refractivity contribution in [3.05, 3.63) is 53.2 Å². The van der Waals surface area contributed by atoms with Crippen LogP contribution in [-0.4, -0.2) is 26.0 Å². The van der Waals surface area contributed by atoms with E-state index in [1.807, 2.05) is 16.8 Å². The minimum absolute atomic E-state index is 0.302. The molecule has 0 radical (unpaired) electrons. The molecule has 106 valence electrons. The maximum Gasteiger partial charge on any atom is 0.319 e. The van der Waals surface area contributed by atoms with E-state index in [-0.39, 0.29) is 6.03 Å². The molecule has 7 nitrogen and oxygen atoms in total. The van der Waals surface area contributed by atoms with Gasteiger partial charge in [-0.25, -0.2) is 9.48 Å². The Morgan fingerprint density at radius 1 is 1.38 bits per heavy atom. The quantitative estimate of drug-likeness (QED) is 0.772. The van der Waals surface area contributed by atoms with Crippen molar-refractivity contribution in [2.24, 2.45) is 0 Å². The molecular weight excluding hydrogens is 288 g/mol. The molecule has 0 saturated carbocycles. The Balaban J connectivity index is 1.54. The fourth-order valence-electron chi connectivity index (χ4n) is 1.68. The third-order valence-corrected chi connectivity index (χ3v) is 3.33. The minimum atomic E-state index is -0.312. The number of carbonyl (C=O) groups is 1. The predicted molar refractivity (Wildman–Crippen MR) is 79.3 cm³/mol. The second kappa shape index (κ2) is 6.14. The van der Waals surface area contributed by atoms with Crippen LogP contribution in [0, 0.1) is 0 Å². The minimum Gasteiger partial charge on any atom is -0.332 e. The molecule has 0 aliphatic heterocycles. The lowest BCUT2D eigenvalue weighted by atomic mass is 10.4. The normalized spacial score (nSPS) is 10.3. The lowest BCUT2D eigenvalue weighted by Gasteiger charge is -2.05. The van der Waals surface area contributed by atoms with Gasteiger partial charge in [-0.1, -0.05) is 5.21 Å². The van der Waals surface area contributed by atoms with Crippen molar-refractivity contribution in [2.75, 3.05) is 5.32 Å². The largest absolute Gasteiger partial charge is 0.332 e. The number of amides is 2. The molecule has 3 rings (SSSR count). The molecule has 0 spiro atoms. The van der Waals surface area contributed by atoms with Gasteiger partial charge in [0.05, 0.1) is 30.3 Å². The first kappa shape index (κ1) is 13.3. The van der Waals surface area contributed by atoms with Crippen LogP contribution in [0.3, 0.4) is 0 Å². The number of carbonyl (C=O) groups excluding carboxylic acids is 1. The van der Waals surface area contributed by atoms with Gasteiger partial charge in [-0.15, -0.1) is 5.10 Å². The van der Waals surface area contributed by atoms with Gasteiger partial charge in [0.25, 0.3) is 0 Å². The first-order chi connectivity index (χ1) is 10.3. The highest BCUT2D eigenvalue weighted by Crippen LogP contribution is 2.10. The van der Waals surface area contributed by atoms with Crippen LogP contribution < -0.4 is 10.6 Å². The maximum absolute atomic E-state index is 11.7. The summed E-state index contributed by atoms with van der Waals surface area (Å²) < 4.78 is 1.67. The monoisotopic (exact) mass is 300 g/mol. The second-order valence-electron chi connectivity index (χ2n) is 4.19. The van der Waals surface area contributed by atoms with Crippen molar-refractivity contribution in [3.63, 3.8) is 0 Å². The summed E-state index contributed by atoms with van der Waals surface area (Å²) in [7, 11) is 0. The molecule has 3 aromatic rings. The number of anilines is 1. The van der Waals surface area contributed by atoms with Crippen LogP contribution in [0.1, 0.15) is 5.69 Å². The van der Waals surface area contributed by atoms with Crippen molar-refractivity contribution in [1.29, 1.82) is 0 Å². The summed E-state index contributed by atoms with van der Waals surface area (Å²) in [6.07, 6.45) is 5.00. The Kier molecular flexibility index (Phi) is 3.88. The molecule has 2 N–H and O–H groups in total. The van der Waals surface area contributed by atoms with Gasteiger partial charge in [0.1, 0.15) is 5.69 Å². The summed E-state index contributed by atoms with van der Waals surface area (Å²) in [6.45, 7) is 0.302. The van der Waals surface area contributed by atoms with Crippen LogP contribution in [0.4, 0.5) is 10.5 Å². The highest BCUT2D eigenvalue weighted by molar-refractivity contribution is 7.08. The molecule has 0 unspecified atom stereocenters. The summed E-state index contributed by atoms with van der Waals surface area (Å²) in [6, 6.07) is 5.15. The zero-order valence-electron chi connectivity index (χ0n) is 10.9. The predicted octanol–water partition coefficient (Wildman–Crippen LogP) is 2.05. The van der Waals surface area contributed by atoms with E-state index in [1.54, 1.807) is 46.7 Å². The van der Waals surface area contributed by atoms with E-state index < -0.39 is 0 Å². The molecule has 3 aromatic heterocycles. The van der Waals surface area contributed by atoms with Gasteiger partial charge in [-0.2, -0.15) is 11.3 Å². The molecule has 21 heavy (non-hydrogen) atoms. The number of thiophene rings is 1. The summed E-state index contributed by atoms with van der Waals surface area (Å²) in [5.74, 6) is 0. The van der Waals surface area contributed by atoms with Crippen LogP contribution in [0.15, 0.2) is 47.5 Å². The zero-order valence-corrected chi connectivity index (χ0v) is 11.7. The van der Waals surface area contributed by atoms with Gasteiger partial charge in [-0.05, 0) is 23.6 Å². The number of hydrogen-bond donors (Lipinski definition) is 2. The van der Waals surface area contributed by atoms with E-state index in [4.69, 9.17) is 0 Å². The number of aromatic nitrogens is 4. The van der Waals surface area contributed by atoms with E-state index >= 15 is 0 Å². The highest BCUT2D eigenvalue weighted by atomic mass is 32.1. The average Bonchev–Trinajstić information content (AvgIpc) is 3.17. The fourth-order valence-corrected chi connectivity index (χ4v) is 2.30.